The molecule has 2 N–H and O–H groups in total. The maximum Gasteiger partial charge on any atom is 0.405 e. The smallest absolute Gasteiger partial charge is 0.405 e. The maximum atomic E-state index is 12.5. The van der Waals surface area contributed by atoms with E-state index in [0.29, 0.717) is 35.2 Å². The van der Waals surface area contributed by atoms with E-state index in [0.717, 1.165) is 11.3 Å². The summed E-state index contributed by atoms with van der Waals surface area (Å²) in [6.45, 7) is 0.827. The van der Waals surface area contributed by atoms with Gasteiger partial charge in [-0.05, 0) is 31.9 Å². The Morgan fingerprint density at radius 2 is 2.14 bits per heavy atom. The standard InChI is InChI=1S/C17H19F3N4O4S/c1-8-11-14(26)22-10(23-15(11)29-12(8)16(27)28-2)6-24-5-3-4-9(24)13(25)21-7-17(18,19)20/h9H,3-7H2,1-2H3,(H,21,25)(H,22,23,26). The molecule has 0 bridgehead atoms. The maximum absolute atomic E-state index is 12.5. The number of rotatable bonds is 5. The monoisotopic (exact) mass is 432 g/mol. The first kappa shape index (κ1) is 21.2. The molecule has 1 saturated heterocycles. The summed E-state index contributed by atoms with van der Waals surface area (Å²) < 4.78 is 41.8. The number of nitrogens with one attached hydrogen (secondary N) is 2. The van der Waals surface area contributed by atoms with Crippen molar-refractivity contribution in [2.45, 2.75) is 38.5 Å². The van der Waals surface area contributed by atoms with Crippen LogP contribution in [0.5, 0.6) is 0 Å². The molecule has 1 aliphatic heterocycles. The number of thiophene rings is 1. The average molecular weight is 432 g/mol. The molecule has 0 radical (unpaired) electrons. The highest BCUT2D eigenvalue weighted by Crippen LogP contribution is 2.28. The first-order valence-electron chi connectivity index (χ1n) is 8.80. The fraction of sp³-hybridized carbons (Fsp3) is 0.529. The van der Waals surface area contributed by atoms with Crippen molar-refractivity contribution in [1.82, 2.24) is 20.2 Å². The largest absolute Gasteiger partial charge is 0.465 e. The molecule has 0 saturated carbocycles. The van der Waals surface area contributed by atoms with Gasteiger partial charge in [-0.2, -0.15) is 13.2 Å². The number of aromatic nitrogens is 2. The molecule has 0 aromatic carbocycles. The molecule has 1 atom stereocenters. The van der Waals surface area contributed by atoms with Gasteiger partial charge in [-0.25, -0.2) is 9.78 Å². The van der Waals surface area contributed by atoms with Crippen molar-refractivity contribution in [3.63, 3.8) is 0 Å². The molecular weight excluding hydrogens is 413 g/mol. The van der Waals surface area contributed by atoms with Crippen LogP contribution < -0.4 is 10.9 Å². The van der Waals surface area contributed by atoms with Crippen molar-refractivity contribution in [1.29, 1.82) is 0 Å². The van der Waals surface area contributed by atoms with E-state index in [2.05, 4.69) is 9.97 Å². The summed E-state index contributed by atoms with van der Waals surface area (Å²) >= 11 is 1.03. The van der Waals surface area contributed by atoms with Gasteiger partial charge in [0.2, 0.25) is 5.91 Å². The topological polar surface area (TPSA) is 104 Å². The Morgan fingerprint density at radius 3 is 2.79 bits per heavy atom. The minimum Gasteiger partial charge on any atom is -0.465 e. The second-order valence-corrected chi connectivity index (χ2v) is 7.70. The number of H-pyrrole nitrogens is 1. The van der Waals surface area contributed by atoms with Gasteiger partial charge >= 0.3 is 12.1 Å². The van der Waals surface area contributed by atoms with E-state index in [4.69, 9.17) is 4.74 Å². The first-order valence-corrected chi connectivity index (χ1v) is 9.61. The van der Waals surface area contributed by atoms with E-state index in [1.54, 1.807) is 11.8 Å². The van der Waals surface area contributed by atoms with Crippen LogP contribution in [0.2, 0.25) is 0 Å². The van der Waals surface area contributed by atoms with Crippen molar-refractivity contribution in [2.75, 3.05) is 20.2 Å². The zero-order valence-electron chi connectivity index (χ0n) is 15.7. The van der Waals surface area contributed by atoms with Gasteiger partial charge in [0.25, 0.3) is 5.56 Å². The number of ether oxygens (including phenoxy) is 1. The molecule has 1 unspecified atom stereocenters. The molecule has 0 spiro atoms. The Labute approximate surface area is 167 Å². The van der Waals surface area contributed by atoms with E-state index in [-0.39, 0.29) is 17.2 Å². The van der Waals surface area contributed by atoms with Gasteiger partial charge < -0.3 is 15.0 Å². The molecule has 2 aromatic rings. The van der Waals surface area contributed by atoms with Crippen molar-refractivity contribution >= 4 is 33.4 Å². The number of aromatic amines is 1. The quantitative estimate of drug-likeness (QED) is 0.698. The zero-order chi connectivity index (χ0) is 21.3. The predicted molar refractivity (Wildman–Crippen MR) is 98.8 cm³/mol. The number of carbonyl (C=O) groups excluding carboxylic acids is 2. The fourth-order valence-corrected chi connectivity index (χ4v) is 4.48. The van der Waals surface area contributed by atoms with Crippen LogP contribution in [0.1, 0.15) is 33.9 Å². The van der Waals surface area contributed by atoms with Gasteiger partial charge in [-0.15, -0.1) is 11.3 Å². The Bertz CT molecular complexity index is 1000. The molecule has 1 fully saturated rings. The third kappa shape index (κ3) is 4.58. The molecule has 12 heteroatoms. The van der Waals surface area contributed by atoms with E-state index >= 15 is 0 Å². The summed E-state index contributed by atoms with van der Waals surface area (Å²) in [5.41, 5.74) is 0.0499. The number of amides is 1. The van der Waals surface area contributed by atoms with E-state index < -0.39 is 36.2 Å². The molecule has 3 rings (SSSR count). The van der Waals surface area contributed by atoms with Crippen LogP contribution in [0.3, 0.4) is 0 Å². The Morgan fingerprint density at radius 1 is 1.41 bits per heavy atom. The number of aryl methyl sites for hydroxylation is 1. The number of alkyl halides is 3. The number of halogens is 3. The van der Waals surface area contributed by atoms with Crippen LogP contribution in [-0.4, -0.2) is 59.2 Å². The minimum atomic E-state index is -4.48. The van der Waals surface area contributed by atoms with Crippen molar-refractivity contribution in [3.05, 3.63) is 26.6 Å². The van der Waals surface area contributed by atoms with E-state index in [9.17, 15) is 27.6 Å². The zero-order valence-corrected chi connectivity index (χ0v) is 16.5. The van der Waals surface area contributed by atoms with Crippen LogP contribution in [0.25, 0.3) is 10.2 Å². The summed E-state index contributed by atoms with van der Waals surface area (Å²) in [6.07, 6.45) is -3.42. The molecule has 3 heterocycles. The molecule has 0 aliphatic carbocycles. The molecule has 158 valence electrons. The van der Waals surface area contributed by atoms with E-state index in [1.165, 1.54) is 7.11 Å². The first-order chi connectivity index (χ1) is 13.6. The third-order valence-electron chi connectivity index (χ3n) is 4.70. The highest BCUT2D eigenvalue weighted by atomic mass is 32.1. The SMILES string of the molecule is COC(=O)c1sc2nc(CN3CCCC3C(=O)NCC(F)(F)F)[nH]c(=O)c2c1C. The molecule has 2 aromatic heterocycles. The van der Waals surface area contributed by atoms with Crippen LogP contribution in [-0.2, 0) is 16.1 Å². The Kier molecular flexibility index (Phi) is 5.94. The Hall–Kier alpha value is -2.47. The van der Waals surface area contributed by atoms with Gasteiger partial charge in [0.15, 0.2) is 0 Å². The lowest BCUT2D eigenvalue weighted by Gasteiger charge is -2.23. The number of nitrogens with zero attached hydrogens (tertiary/aromatic N) is 2. The molecule has 1 amide bonds. The number of hydrogen-bond acceptors (Lipinski definition) is 7. The van der Waals surface area contributed by atoms with Crippen molar-refractivity contribution in [2.24, 2.45) is 0 Å². The number of carbonyl (C=O) groups is 2. The summed E-state index contributed by atoms with van der Waals surface area (Å²) in [5.74, 6) is -0.994. The van der Waals surface area contributed by atoms with Crippen molar-refractivity contribution < 1.29 is 27.5 Å². The molecule has 8 nitrogen and oxygen atoms in total. The number of likely N-dealkylation sites (tertiary alicyclic amines) is 1. The van der Waals surface area contributed by atoms with Crippen LogP contribution >= 0.6 is 11.3 Å². The lowest BCUT2D eigenvalue weighted by atomic mass is 10.2. The van der Waals surface area contributed by atoms with E-state index in [1.807, 2.05) is 5.32 Å². The summed E-state index contributed by atoms with van der Waals surface area (Å²) in [5, 5.41) is 2.20. The fourth-order valence-electron chi connectivity index (χ4n) is 3.36. The van der Waals surface area contributed by atoms with Crippen LogP contribution in [0.4, 0.5) is 13.2 Å². The second kappa shape index (κ2) is 8.11. The molecular formula is C17H19F3N4O4S. The normalized spacial score (nSPS) is 17.6. The number of fused-ring (bicyclic) bond motifs is 1. The lowest BCUT2D eigenvalue weighted by Crippen LogP contribution is -2.45. The lowest BCUT2D eigenvalue weighted by molar-refractivity contribution is -0.141. The molecule has 29 heavy (non-hydrogen) atoms. The van der Waals surface area contributed by atoms with Gasteiger partial charge in [0.05, 0.1) is 25.1 Å². The predicted octanol–water partition coefficient (Wildman–Crippen LogP) is 1.72. The molecule has 1 aliphatic rings. The van der Waals surface area contributed by atoms with Gasteiger partial charge in [-0.1, -0.05) is 0 Å². The summed E-state index contributed by atoms with van der Waals surface area (Å²) in [4.78, 5) is 45.8. The van der Waals surface area contributed by atoms with Gasteiger partial charge in [0.1, 0.15) is 22.1 Å². The van der Waals surface area contributed by atoms with Gasteiger partial charge in [-0.3, -0.25) is 14.5 Å². The Balaban J connectivity index is 1.81. The van der Waals surface area contributed by atoms with Crippen LogP contribution in [0, 0.1) is 6.92 Å². The van der Waals surface area contributed by atoms with Crippen molar-refractivity contribution in [3.8, 4) is 0 Å². The average Bonchev–Trinajstić information content (AvgIpc) is 3.23. The summed E-state index contributed by atoms with van der Waals surface area (Å²) in [6, 6.07) is -0.728. The van der Waals surface area contributed by atoms with Gasteiger partial charge in [0, 0.05) is 0 Å². The summed E-state index contributed by atoms with van der Waals surface area (Å²) in [7, 11) is 1.24. The highest BCUT2D eigenvalue weighted by Gasteiger charge is 2.34. The third-order valence-corrected chi connectivity index (χ3v) is 5.87. The van der Waals surface area contributed by atoms with Crippen LogP contribution in [0.15, 0.2) is 4.79 Å². The highest BCUT2D eigenvalue weighted by molar-refractivity contribution is 7.20. The second-order valence-electron chi connectivity index (χ2n) is 6.70. The number of methoxy groups -OCH3 is 1. The minimum absolute atomic E-state index is 0.0970. The number of hydrogen-bond donors (Lipinski definition) is 2. The number of esters is 1.